The van der Waals surface area contributed by atoms with Crippen LogP contribution < -0.4 is 4.74 Å². The Kier molecular flexibility index (Phi) is 15.1. The molecule has 0 bridgehead atoms. The van der Waals surface area contributed by atoms with E-state index in [-0.39, 0.29) is 11.9 Å². The molecule has 0 aliphatic heterocycles. The SMILES string of the molecule is CCCCCCCCCCc1ccc(OC(CCC)OC(=O)C(C)CC[N+](C)(C)Cc2ccccc2)cc1. The molecule has 0 aromatic heterocycles. The van der Waals surface area contributed by atoms with E-state index < -0.39 is 6.29 Å². The molecule has 0 amide bonds. The van der Waals surface area contributed by atoms with Gasteiger partial charge < -0.3 is 14.0 Å². The highest BCUT2D eigenvalue weighted by atomic mass is 16.7. The van der Waals surface area contributed by atoms with Crippen LogP contribution in [-0.4, -0.2) is 37.4 Å². The molecule has 38 heavy (non-hydrogen) atoms. The largest absolute Gasteiger partial charge is 0.455 e. The molecule has 0 aliphatic rings. The lowest BCUT2D eigenvalue weighted by Crippen LogP contribution is -2.41. The maximum Gasteiger partial charge on any atom is 0.311 e. The van der Waals surface area contributed by atoms with Crippen molar-refractivity contribution in [2.45, 2.75) is 111 Å². The van der Waals surface area contributed by atoms with E-state index in [0.29, 0.717) is 6.42 Å². The van der Waals surface area contributed by atoms with Gasteiger partial charge in [-0.25, -0.2) is 0 Å². The molecule has 2 rings (SSSR count). The number of hydrogen-bond acceptors (Lipinski definition) is 3. The van der Waals surface area contributed by atoms with E-state index in [0.717, 1.165) is 42.6 Å². The van der Waals surface area contributed by atoms with Crippen molar-refractivity contribution in [2.24, 2.45) is 5.92 Å². The van der Waals surface area contributed by atoms with Crippen LogP contribution >= 0.6 is 0 Å². The van der Waals surface area contributed by atoms with Crippen molar-refractivity contribution in [1.82, 2.24) is 0 Å². The topological polar surface area (TPSA) is 35.5 Å². The number of carbonyl (C=O) groups excluding carboxylic acids is 1. The van der Waals surface area contributed by atoms with E-state index in [1.54, 1.807) is 0 Å². The van der Waals surface area contributed by atoms with E-state index in [9.17, 15) is 4.79 Å². The molecule has 2 aromatic rings. The van der Waals surface area contributed by atoms with Gasteiger partial charge in [-0.05, 0) is 37.0 Å². The van der Waals surface area contributed by atoms with Crippen molar-refractivity contribution in [3.8, 4) is 5.75 Å². The molecular formula is C34H54NO3+. The lowest BCUT2D eigenvalue weighted by Gasteiger charge is -2.31. The molecule has 0 radical (unpaired) electrons. The van der Waals surface area contributed by atoms with Gasteiger partial charge in [-0.15, -0.1) is 0 Å². The molecule has 2 unspecified atom stereocenters. The van der Waals surface area contributed by atoms with Crippen LogP contribution in [0, 0.1) is 5.92 Å². The monoisotopic (exact) mass is 524 g/mol. The second kappa shape index (κ2) is 18.0. The Morgan fingerprint density at radius 1 is 0.763 bits per heavy atom. The minimum Gasteiger partial charge on any atom is -0.455 e. The van der Waals surface area contributed by atoms with Gasteiger partial charge in [0.1, 0.15) is 12.3 Å². The molecule has 4 nitrogen and oxygen atoms in total. The minimum atomic E-state index is -0.541. The average molecular weight is 525 g/mol. The molecular weight excluding hydrogens is 470 g/mol. The average Bonchev–Trinajstić information content (AvgIpc) is 2.90. The van der Waals surface area contributed by atoms with Crippen LogP contribution in [0.2, 0.25) is 0 Å². The number of benzene rings is 2. The first-order valence-corrected chi connectivity index (χ1v) is 15.1. The number of nitrogens with zero attached hydrogens (tertiary/aromatic N) is 1. The second-order valence-electron chi connectivity index (χ2n) is 11.6. The molecule has 2 atom stereocenters. The number of quaternary nitrogens is 1. The van der Waals surface area contributed by atoms with Crippen molar-refractivity contribution in [3.63, 3.8) is 0 Å². The first kappa shape index (κ1) is 31.9. The van der Waals surface area contributed by atoms with Crippen molar-refractivity contribution < 1.29 is 18.8 Å². The Morgan fingerprint density at radius 3 is 2.03 bits per heavy atom. The summed E-state index contributed by atoms with van der Waals surface area (Å²) in [7, 11) is 4.43. The Morgan fingerprint density at radius 2 is 1.39 bits per heavy atom. The zero-order valence-corrected chi connectivity index (χ0v) is 24.9. The maximum atomic E-state index is 12.9. The zero-order valence-electron chi connectivity index (χ0n) is 24.9. The predicted octanol–water partition coefficient (Wildman–Crippen LogP) is 8.72. The standard InChI is InChI=1S/C34H54NO3/c1-6-8-9-10-11-12-13-15-19-30-22-24-32(25-23-30)37-33(18-7-2)38-34(36)29(3)26-27-35(4,5)28-31-20-16-14-17-21-31/h14,16-17,20-25,29,33H,6-13,15,18-19,26-28H2,1-5H3/q+1. The van der Waals surface area contributed by atoms with Crippen LogP contribution in [0.15, 0.2) is 54.6 Å². The van der Waals surface area contributed by atoms with Gasteiger partial charge >= 0.3 is 5.97 Å². The van der Waals surface area contributed by atoms with Crippen molar-refractivity contribution in [2.75, 3.05) is 20.6 Å². The highest BCUT2D eigenvalue weighted by Gasteiger charge is 2.24. The van der Waals surface area contributed by atoms with Gasteiger partial charge in [0, 0.05) is 18.4 Å². The van der Waals surface area contributed by atoms with Crippen molar-refractivity contribution in [1.29, 1.82) is 0 Å². The number of unbranched alkanes of at least 4 members (excludes halogenated alkanes) is 7. The summed E-state index contributed by atoms with van der Waals surface area (Å²) in [6, 6.07) is 18.9. The highest BCUT2D eigenvalue weighted by Crippen LogP contribution is 2.20. The quantitative estimate of drug-likeness (QED) is 0.0752. The second-order valence-corrected chi connectivity index (χ2v) is 11.6. The smallest absolute Gasteiger partial charge is 0.311 e. The lowest BCUT2D eigenvalue weighted by atomic mass is 10.0. The molecule has 0 heterocycles. The maximum absolute atomic E-state index is 12.9. The molecule has 4 heteroatoms. The third-order valence-electron chi connectivity index (χ3n) is 7.31. The Hall–Kier alpha value is -2.33. The Balaban J connectivity index is 1.74. The summed E-state index contributed by atoms with van der Waals surface area (Å²) in [6.07, 6.45) is 13.6. The van der Waals surface area contributed by atoms with Crippen LogP contribution in [0.3, 0.4) is 0 Å². The van der Waals surface area contributed by atoms with Gasteiger partial charge in [-0.1, -0.05) is 108 Å². The number of hydrogen-bond donors (Lipinski definition) is 0. The van der Waals surface area contributed by atoms with Crippen molar-refractivity contribution in [3.05, 3.63) is 65.7 Å². The van der Waals surface area contributed by atoms with Crippen LogP contribution in [0.4, 0.5) is 0 Å². The van der Waals surface area contributed by atoms with Crippen LogP contribution in [0.25, 0.3) is 0 Å². The summed E-state index contributed by atoms with van der Waals surface area (Å²) in [5.74, 6) is 0.430. The van der Waals surface area contributed by atoms with Crippen LogP contribution in [0.5, 0.6) is 5.75 Å². The first-order valence-electron chi connectivity index (χ1n) is 15.1. The fourth-order valence-corrected chi connectivity index (χ4v) is 4.79. The molecule has 0 aliphatic carbocycles. The third-order valence-corrected chi connectivity index (χ3v) is 7.31. The number of esters is 1. The normalized spacial score (nSPS) is 13.2. The first-order chi connectivity index (χ1) is 18.3. The van der Waals surface area contributed by atoms with Gasteiger partial charge in [0.2, 0.25) is 6.29 Å². The summed E-state index contributed by atoms with van der Waals surface area (Å²) in [5, 5.41) is 0. The fraction of sp³-hybridized carbons (Fsp3) is 0.618. The number of aryl methyl sites for hydroxylation is 1. The van der Waals surface area contributed by atoms with Crippen molar-refractivity contribution >= 4 is 5.97 Å². The molecule has 0 saturated carbocycles. The van der Waals surface area contributed by atoms with E-state index in [1.807, 2.05) is 25.1 Å². The van der Waals surface area contributed by atoms with Gasteiger partial charge in [-0.2, -0.15) is 0 Å². The van der Waals surface area contributed by atoms with E-state index in [2.05, 4.69) is 64.3 Å². The predicted molar refractivity (Wildman–Crippen MR) is 159 cm³/mol. The van der Waals surface area contributed by atoms with Gasteiger partial charge in [0.25, 0.3) is 0 Å². The molecule has 0 saturated heterocycles. The lowest BCUT2D eigenvalue weighted by molar-refractivity contribution is -0.904. The summed E-state index contributed by atoms with van der Waals surface area (Å²) in [4.78, 5) is 12.9. The van der Waals surface area contributed by atoms with Gasteiger partial charge in [0.15, 0.2) is 0 Å². The molecule has 0 spiro atoms. The van der Waals surface area contributed by atoms with E-state index >= 15 is 0 Å². The van der Waals surface area contributed by atoms with Crippen LogP contribution in [-0.2, 0) is 22.5 Å². The molecule has 0 fully saturated rings. The summed E-state index contributed by atoms with van der Waals surface area (Å²) in [5.41, 5.74) is 2.66. The fourth-order valence-electron chi connectivity index (χ4n) is 4.79. The van der Waals surface area contributed by atoms with Crippen LogP contribution in [0.1, 0.15) is 103 Å². The Labute approximate surface area is 233 Å². The number of rotatable bonds is 20. The molecule has 212 valence electrons. The minimum absolute atomic E-state index is 0.167. The number of ether oxygens (including phenoxy) is 2. The van der Waals surface area contributed by atoms with E-state index in [4.69, 9.17) is 9.47 Å². The third kappa shape index (κ3) is 13.5. The van der Waals surface area contributed by atoms with Gasteiger partial charge in [0.05, 0.1) is 26.6 Å². The zero-order chi connectivity index (χ0) is 27.6. The Bertz CT molecular complexity index is 878. The van der Waals surface area contributed by atoms with Gasteiger partial charge in [-0.3, -0.25) is 4.79 Å². The number of carbonyl (C=O) groups is 1. The summed E-state index contributed by atoms with van der Waals surface area (Å²) >= 11 is 0. The summed E-state index contributed by atoms with van der Waals surface area (Å²) < 4.78 is 12.8. The molecule has 0 N–H and O–H groups in total. The summed E-state index contributed by atoms with van der Waals surface area (Å²) in [6.45, 7) is 8.17. The van der Waals surface area contributed by atoms with E-state index in [1.165, 1.54) is 62.5 Å². The highest BCUT2D eigenvalue weighted by molar-refractivity contribution is 5.72. The molecule has 2 aromatic carbocycles.